The van der Waals surface area contributed by atoms with Gasteiger partial charge in [0.1, 0.15) is 39.9 Å². The van der Waals surface area contributed by atoms with Gasteiger partial charge in [-0.25, -0.2) is 14.4 Å². The fourth-order valence-electron chi connectivity index (χ4n) is 8.79. The highest BCUT2D eigenvalue weighted by Gasteiger charge is 2.77. The number of aromatic hydroxyl groups is 1. The Morgan fingerprint density at radius 3 is 2.33 bits per heavy atom. The number of nitro groups is 1. The Hall–Kier alpha value is -6.49. The highest BCUT2D eigenvalue weighted by atomic mass is 16.7. The van der Waals surface area contributed by atoms with Gasteiger partial charge in [-0.05, 0) is 106 Å². The van der Waals surface area contributed by atoms with E-state index >= 15 is 0 Å². The lowest BCUT2D eigenvalue weighted by molar-refractivity contribution is -0.402. The molecule has 4 unspecified atom stereocenters. The summed E-state index contributed by atoms with van der Waals surface area (Å²) in [7, 11) is 0. The number of carboxylic acids is 2. The first kappa shape index (κ1) is 46.0. The molecule has 17 heteroatoms. The number of hydrazone groups is 1. The van der Waals surface area contributed by atoms with Crippen LogP contribution in [0.1, 0.15) is 115 Å². The number of carboxylic acid groups (broad SMARTS) is 2. The van der Waals surface area contributed by atoms with E-state index in [0.717, 1.165) is 17.0 Å². The number of ketones is 1. The molecule has 4 atom stereocenters. The molecule has 1 aromatic carbocycles. The Balaban J connectivity index is 0.000000345. The lowest BCUT2D eigenvalue weighted by atomic mass is 9.60. The first-order valence-corrected chi connectivity index (χ1v) is 20.6. The number of phenols is 1. The second-order valence-corrected chi connectivity index (χ2v) is 17.4. The minimum atomic E-state index is -2.16. The molecule has 63 heavy (non-hydrogen) atoms. The molecule has 1 aliphatic carbocycles. The maximum absolute atomic E-state index is 14.7. The van der Waals surface area contributed by atoms with E-state index in [1.165, 1.54) is 36.9 Å². The van der Waals surface area contributed by atoms with Crippen LogP contribution in [0.2, 0.25) is 0 Å². The molecule has 1 amide bonds. The minimum Gasteiger partial charge on any atom is -0.506 e. The van der Waals surface area contributed by atoms with Crippen molar-refractivity contribution in [3.63, 3.8) is 0 Å². The van der Waals surface area contributed by atoms with Crippen LogP contribution in [-0.4, -0.2) is 90.8 Å². The number of nitrogens with zero attached hydrogens (tertiary/aromatic N) is 3. The number of amides is 1. The third-order valence-corrected chi connectivity index (χ3v) is 11.9. The van der Waals surface area contributed by atoms with Crippen molar-refractivity contribution in [2.75, 3.05) is 13.2 Å². The van der Waals surface area contributed by atoms with Crippen molar-refractivity contribution in [3.8, 4) is 17.2 Å². The molecule has 3 N–H and O–H groups in total. The van der Waals surface area contributed by atoms with E-state index in [1.54, 1.807) is 26.0 Å². The van der Waals surface area contributed by atoms with Crippen LogP contribution in [0.25, 0.3) is 6.08 Å². The number of carbonyl (C=O) groups excluding carboxylic acids is 2. The molecular weight excluding hydrogens is 819 g/mol. The first-order chi connectivity index (χ1) is 29.6. The van der Waals surface area contributed by atoms with Crippen molar-refractivity contribution >= 4 is 42.0 Å². The smallest absolute Gasteiger partial charge is 0.433 e. The van der Waals surface area contributed by atoms with E-state index in [-0.39, 0.29) is 52.9 Å². The van der Waals surface area contributed by atoms with Crippen molar-refractivity contribution in [2.45, 2.75) is 116 Å². The number of hydrogen-bond donors (Lipinski definition) is 3. The van der Waals surface area contributed by atoms with Gasteiger partial charge in [0.2, 0.25) is 5.60 Å². The van der Waals surface area contributed by atoms with Gasteiger partial charge in [-0.2, -0.15) is 10.1 Å². The summed E-state index contributed by atoms with van der Waals surface area (Å²) < 4.78 is 29.7. The van der Waals surface area contributed by atoms with E-state index in [2.05, 4.69) is 15.9 Å². The predicted molar refractivity (Wildman–Crippen MR) is 229 cm³/mol. The average Bonchev–Trinajstić information content (AvgIpc) is 3.91. The molecule has 336 valence electrons. The summed E-state index contributed by atoms with van der Waals surface area (Å²) in [5.41, 5.74) is -2.67. The lowest BCUT2D eigenvalue weighted by Gasteiger charge is -2.50. The quantitative estimate of drug-likeness (QED) is 0.0596. The van der Waals surface area contributed by atoms with Crippen molar-refractivity contribution in [1.82, 2.24) is 5.01 Å². The van der Waals surface area contributed by atoms with Crippen molar-refractivity contribution < 1.29 is 62.8 Å². The van der Waals surface area contributed by atoms with Crippen LogP contribution >= 0.6 is 0 Å². The molecule has 7 rings (SSSR count). The average molecular weight is 872 g/mol. The van der Waals surface area contributed by atoms with Crippen LogP contribution in [-0.2, 0) is 25.5 Å². The molecule has 2 fully saturated rings. The monoisotopic (exact) mass is 871 g/mol. The van der Waals surface area contributed by atoms with E-state index in [4.69, 9.17) is 18.6 Å². The molecule has 0 radical (unpaired) electrons. The number of ether oxygens (including phenoxy) is 4. The Morgan fingerprint density at radius 1 is 1.02 bits per heavy atom. The highest BCUT2D eigenvalue weighted by Crippen LogP contribution is 2.64. The van der Waals surface area contributed by atoms with Crippen LogP contribution in [0, 0.1) is 16.0 Å². The molecule has 4 aliphatic heterocycles. The summed E-state index contributed by atoms with van der Waals surface area (Å²) in [6.45, 7) is 15.5. The largest absolute Gasteiger partial charge is 0.506 e. The molecule has 1 aromatic heterocycles. The summed E-state index contributed by atoms with van der Waals surface area (Å²) in [6, 6.07) is 2.60. The van der Waals surface area contributed by atoms with Gasteiger partial charge in [-0.1, -0.05) is 35.5 Å². The van der Waals surface area contributed by atoms with Crippen LogP contribution in [0.15, 0.2) is 74.3 Å². The standard InChI is InChI=1S/C38H46O9.C8H7N3O5/c1-21(2)11-10-18-36(8)19-17-24-29(39)28-30(40)26-12-9-13-27-35(6,7)47-37(34(43)44,20-16-23(5)33(41)42)38(26,27)46-32(28)25(31(24)45-36)15-14-22(3)4;12-8-10(3-4-15-8)9-5-6-1-2-7(16-6)11(13)14/h11-12,14,16-17,19,27,39H,9-10,13,15,18,20H2,1-8H3,(H,41,42)(H,43,44);1-2,5H,3-4H2. The molecule has 0 bridgehead atoms. The predicted octanol–water partition coefficient (Wildman–Crippen LogP) is 8.49. The number of Topliss-reactive ketones (excluding diaryl/α,β-unsaturated/α-hetero) is 1. The van der Waals surface area contributed by atoms with Gasteiger partial charge in [0, 0.05) is 29.0 Å². The fraction of sp³-hybridized carbons (Fsp3) is 0.457. The Morgan fingerprint density at radius 2 is 1.73 bits per heavy atom. The topological polar surface area (TPSA) is 238 Å². The maximum Gasteiger partial charge on any atom is 0.433 e. The molecule has 2 aromatic rings. The number of fused-ring (bicyclic) bond motifs is 2. The maximum atomic E-state index is 14.7. The van der Waals surface area contributed by atoms with Crippen LogP contribution in [0.5, 0.6) is 17.2 Å². The second-order valence-electron chi connectivity index (χ2n) is 17.4. The van der Waals surface area contributed by atoms with Crippen molar-refractivity contribution in [3.05, 3.63) is 97.4 Å². The number of hydrogen-bond acceptors (Lipinski definition) is 13. The number of phenolic OH excluding ortho intramolecular Hbond substituents is 1. The minimum absolute atomic E-state index is 0.0407. The second kappa shape index (κ2) is 17.3. The number of allylic oxidation sites excluding steroid dienone is 5. The molecule has 1 spiro atoms. The summed E-state index contributed by atoms with van der Waals surface area (Å²) in [4.78, 5) is 60.7. The third-order valence-electron chi connectivity index (χ3n) is 11.9. The molecular formula is C46H53N3O14. The van der Waals surface area contributed by atoms with Crippen molar-refractivity contribution in [1.29, 1.82) is 0 Å². The zero-order valence-corrected chi connectivity index (χ0v) is 36.6. The van der Waals surface area contributed by atoms with Gasteiger partial charge in [0.05, 0.1) is 30.0 Å². The number of aliphatic carboxylic acids is 2. The van der Waals surface area contributed by atoms with Gasteiger partial charge in [-0.3, -0.25) is 14.9 Å². The zero-order valence-electron chi connectivity index (χ0n) is 36.6. The SMILES string of the molecule is CC(C)=CCCC1(C)C=Cc2c(O)c3c(c(CC=C(C)C)c2O1)OC12C(=CCCC1C(C)(C)OC2(CC=C(C)C(=O)O)C(=O)O)C3=O.O=C1OCCN1N=Cc1ccc([N+](=O)[O-])o1. The number of carbonyl (C=O) groups is 4. The normalized spacial score (nSPS) is 25.2. The van der Waals surface area contributed by atoms with Gasteiger partial charge in [0.25, 0.3) is 0 Å². The zero-order chi connectivity index (χ0) is 46.2. The number of furan rings is 1. The van der Waals surface area contributed by atoms with Crippen LogP contribution in [0.3, 0.4) is 0 Å². The van der Waals surface area contributed by atoms with E-state index < -0.39 is 57.1 Å². The van der Waals surface area contributed by atoms with E-state index in [0.29, 0.717) is 49.1 Å². The Bertz CT molecular complexity index is 2430. The first-order valence-electron chi connectivity index (χ1n) is 20.6. The van der Waals surface area contributed by atoms with Gasteiger partial charge >= 0.3 is 23.9 Å². The molecule has 5 aliphatic rings. The number of cyclic esters (lactones) is 1. The number of rotatable bonds is 12. The van der Waals surface area contributed by atoms with Gasteiger partial charge in [0.15, 0.2) is 17.1 Å². The molecule has 0 saturated carbocycles. The Labute approximate surface area is 364 Å². The molecule has 17 nitrogen and oxygen atoms in total. The van der Waals surface area contributed by atoms with Crippen LogP contribution in [0.4, 0.5) is 10.7 Å². The van der Waals surface area contributed by atoms with Gasteiger partial charge in [-0.15, -0.1) is 0 Å². The Kier molecular flexibility index (Phi) is 12.7. The number of benzene rings is 1. The lowest BCUT2D eigenvalue weighted by Crippen LogP contribution is -2.66. The summed E-state index contributed by atoms with van der Waals surface area (Å²) in [6.07, 6.45) is 13.8. The van der Waals surface area contributed by atoms with Crippen molar-refractivity contribution in [2.24, 2.45) is 11.0 Å². The molecule has 2 saturated heterocycles. The summed E-state index contributed by atoms with van der Waals surface area (Å²) in [5, 5.41) is 47.6. The third kappa shape index (κ3) is 8.53. The van der Waals surface area contributed by atoms with E-state index in [1.807, 2.05) is 46.8 Å². The fourth-order valence-corrected chi connectivity index (χ4v) is 8.79. The summed E-state index contributed by atoms with van der Waals surface area (Å²) in [5.74, 6) is -3.70. The molecule has 5 heterocycles. The highest BCUT2D eigenvalue weighted by molar-refractivity contribution is 6.17. The van der Waals surface area contributed by atoms with Crippen LogP contribution < -0.4 is 9.47 Å². The van der Waals surface area contributed by atoms with E-state index in [9.17, 15) is 44.6 Å². The van der Waals surface area contributed by atoms with Gasteiger partial charge < -0.3 is 38.7 Å². The summed E-state index contributed by atoms with van der Waals surface area (Å²) >= 11 is 0.